The molecule has 6 heteroatoms. The summed E-state index contributed by atoms with van der Waals surface area (Å²) in [5.41, 5.74) is 0. The maximum absolute atomic E-state index is 10.0. The van der Waals surface area contributed by atoms with E-state index in [2.05, 4.69) is 6.58 Å². The van der Waals surface area contributed by atoms with Gasteiger partial charge in [-0.05, 0) is 0 Å². The van der Waals surface area contributed by atoms with Crippen molar-refractivity contribution in [2.75, 3.05) is 0 Å². The quantitative estimate of drug-likeness (QED) is 0.599. The van der Waals surface area contributed by atoms with Crippen LogP contribution in [0.2, 0.25) is 0 Å². The fourth-order valence-corrected chi connectivity index (χ4v) is 1.89. The molecule has 0 unspecified atom stereocenters. The van der Waals surface area contributed by atoms with Gasteiger partial charge in [-0.25, -0.2) is 0 Å². The van der Waals surface area contributed by atoms with E-state index in [1.54, 1.807) is 0 Å². The van der Waals surface area contributed by atoms with Crippen molar-refractivity contribution in [2.24, 2.45) is 0 Å². The summed E-state index contributed by atoms with van der Waals surface area (Å²) in [7, 11) is 12.3. The van der Waals surface area contributed by atoms with Crippen LogP contribution >= 0.6 is 30.0 Å². The zero-order valence-electron chi connectivity index (χ0n) is 4.20. The van der Waals surface area contributed by atoms with Gasteiger partial charge in [0, 0.05) is 0 Å². The molecular formula is C3H3Cl3GeO2. The SMILES string of the molecule is C=[C](C(=O)O)[Ge]([Cl])([Cl])[Cl]. The van der Waals surface area contributed by atoms with Crippen molar-refractivity contribution >= 4 is 46.5 Å². The van der Waals surface area contributed by atoms with E-state index >= 15 is 0 Å². The van der Waals surface area contributed by atoms with Crippen LogP contribution in [0.15, 0.2) is 11.0 Å². The molecule has 0 aromatic rings. The van der Waals surface area contributed by atoms with Crippen molar-refractivity contribution in [3.8, 4) is 0 Å². The third-order valence-corrected chi connectivity index (χ3v) is 6.04. The second-order valence-corrected chi connectivity index (χ2v) is 16.5. The molecule has 2 nitrogen and oxygen atoms in total. The number of halogens is 3. The van der Waals surface area contributed by atoms with Crippen LogP contribution in [0.5, 0.6) is 0 Å². The second-order valence-electron chi connectivity index (χ2n) is 1.28. The first kappa shape index (κ1) is 9.62. The fourth-order valence-electron chi connectivity index (χ4n) is 0.121. The van der Waals surface area contributed by atoms with E-state index in [4.69, 9.17) is 35.1 Å². The van der Waals surface area contributed by atoms with Gasteiger partial charge in [0.05, 0.1) is 0 Å². The Bertz CT molecular complexity index is 150. The summed E-state index contributed by atoms with van der Waals surface area (Å²) in [6, 6.07) is 0. The van der Waals surface area contributed by atoms with Crippen molar-refractivity contribution in [2.45, 2.75) is 0 Å². The summed E-state index contributed by atoms with van der Waals surface area (Å²) in [6.07, 6.45) is 0. The number of hydrogen-bond donors (Lipinski definition) is 1. The summed E-state index contributed by atoms with van der Waals surface area (Å²) >= 11 is 0. The molecule has 0 radical (unpaired) electrons. The molecule has 0 saturated heterocycles. The summed E-state index contributed by atoms with van der Waals surface area (Å²) in [5.74, 6) is -1.23. The average Bonchev–Trinajstić information content (AvgIpc) is 1.62. The van der Waals surface area contributed by atoms with Gasteiger partial charge in [0.25, 0.3) is 0 Å². The summed E-state index contributed by atoms with van der Waals surface area (Å²) in [6.45, 7) is 3.11. The van der Waals surface area contributed by atoms with E-state index < -0.39 is 16.4 Å². The van der Waals surface area contributed by atoms with Gasteiger partial charge in [0.15, 0.2) is 0 Å². The monoisotopic (exact) mass is 250 g/mol. The molecule has 0 atom stereocenters. The number of rotatable bonds is 2. The van der Waals surface area contributed by atoms with Gasteiger partial charge in [-0.1, -0.05) is 0 Å². The van der Waals surface area contributed by atoms with Crippen molar-refractivity contribution < 1.29 is 9.90 Å². The van der Waals surface area contributed by atoms with Crippen LogP contribution in [0, 0.1) is 0 Å². The third kappa shape index (κ3) is 3.35. The molecule has 0 heterocycles. The van der Waals surface area contributed by atoms with Crippen LogP contribution in [0.4, 0.5) is 0 Å². The van der Waals surface area contributed by atoms with E-state index in [-0.39, 0.29) is 4.41 Å². The Balaban J connectivity index is 4.23. The van der Waals surface area contributed by atoms with E-state index in [1.165, 1.54) is 0 Å². The first-order valence-corrected chi connectivity index (χ1v) is 11.2. The zero-order valence-corrected chi connectivity index (χ0v) is 8.56. The van der Waals surface area contributed by atoms with Crippen molar-refractivity contribution in [1.82, 2.24) is 0 Å². The Hall–Kier alpha value is 0.623. The number of carboxylic acids is 1. The number of carboxylic acid groups (broad SMARTS) is 1. The Morgan fingerprint density at radius 2 is 1.78 bits per heavy atom. The second kappa shape index (κ2) is 3.14. The van der Waals surface area contributed by atoms with Gasteiger partial charge in [-0.15, -0.1) is 0 Å². The molecule has 52 valence electrons. The molecule has 0 fully saturated rings. The zero-order chi connectivity index (χ0) is 7.65. The van der Waals surface area contributed by atoms with Crippen LogP contribution in [-0.4, -0.2) is 21.6 Å². The van der Waals surface area contributed by atoms with Gasteiger partial charge >= 0.3 is 67.4 Å². The standard InChI is InChI=1S/C3H3Cl3GeO2/c1-2(3(8)9)7(4,5)6/h1H2,(H,8,9). The summed E-state index contributed by atoms with van der Waals surface area (Å²) < 4.78 is -0.264. The molecule has 0 bridgehead atoms. The number of hydrogen-bond acceptors (Lipinski definition) is 1. The molecule has 0 amide bonds. The fraction of sp³-hybridized carbons (Fsp3) is 0. The van der Waals surface area contributed by atoms with Gasteiger partial charge < -0.3 is 0 Å². The molecule has 1 N–H and O–H groups in total. The van der Waals surface area contributed by atoms with Gasteiger partial charge in [-0.2, -0.15) is 0 Å². The minimum atomic E-state index is -3.66. The van der Waals surface area contributed by atoms with Crippen molar-refractivity contribution in [1.29, 1.82) is 0 Å². The van der Waals surface area contributed by atoms with E-state index in [9.17, 15) is 4.79 Å². The molecule has 0 aliphatic carbocycles. The van der Waals surface area contributed by atoms with Crippen LogP contribution < -0.4 is 0 Å². The summed E-state index contributed by atoms with van der Waals surface area (Å²) in [5, 5.41) is 8.21. The van der Waals surface area contributed by atoms with E-state index in [0.717, 1.165) is 0 Å². The molecule has 0 aliphatic heterocycles. The van der Waals surface area contributed by atoms with E-state index in [1.807, 2.05) is 0 Å². The Morgan fingerprint density at radius 3 is 1.78 bits per heavy atom. The Morgan fingerprint density at radius 1 is 1.44 bits per heavy atom. The predicted molar refractivity (Wildman–Crippen MR) is 40.1 cm³/mol. The van der Waals surface area contributed by atoms with Gasteiger partial charge in [0.1, 0.15) is 0 Å². The Kier molecular flexibility index (Phi) is 3.36. The molecule has 0 rings (SSSR count). The summed E-state index contributed by atoms with van der Waals surface area (Å²) in [4.78, 5) is 10.0. The maximum atomic E-state index is 10.0. The van der Waals surface area contributed by atoms with Crippen molar-refractivity contribution in [3.63, 3.8) is 0 Å². The predicted octanol–water partition coefficient (Wildman–Crippen LogP) is 1.82. The first-order chi connectivity index (χ1) is 3.85. The Labute approximate surface area is 67.3 Å². The molecule has 0 aromatic carbocycles. The number of carbonyl (C=O) groups is 1. The van der Waals surface area contributed by atoms with Crippen LogP contribution in [0.25, 0.3) is 0 Å². The number of aliphatic carboxylic acids is 1. The first-order valence-electron chi connectivity index (χ1n) is 1.85. The molecule has 0 aromatic heterocycles. The van der Waals surface area contributed by atoms with Crippen LogP contribution in [0.3, 0.4) is 0 Å². The average molecular weight is 250 g/mol. The third-order valence-electron chi connectivity index (χ3n) is 0.600. The van der Waals surface area contributed by atoms with Crippen molar-refractivity contribution in [3.05, 3.63) is 11.0 Å². The molecular weight excluding hydrogens is 247 g/mol. The topological polar surface area (TPSA) is 37.3 Å². The van der Waals surface area contributed by atoms with Gasteiger partial charge in [0.2, 0.25) is 0 Å². The van der Waals surface area contributed by atoms with Gasteiger partial charge in [-0.3, -0.25) is 0 Å². The van der Waals surface area contributed by atoms with Crippen LogP contribution in [-0.2, 0) is 4.79 Å². The van der Waals surface area contributed by atoms with E-state index in [0.29, 0.717) is 0 Å². The molecule has 9 heavy (non-hydrogen) atoms. The normalized spacial score (nSPS) is 11.0. The molecule has 0 spiro atoms. The molecule has 0 aliphatic rings. The van der Waals surface area contributed by atoms with Crippen LogP contribution in [0.1, 0.15) is 0 Å². The minimum absolute atomic E-state index is 0.264. The molecule has 0 saturated carbocycles.